The Morgan fingerprint density at radius 2 is 1.03 bits per heavy atom. The summed E-state index contributed by atoms with van der Waals surface area (Å²) in [5, 5.41) is 11.9. The first-order chi connectivity index (χ1) is 32.3. The summed E-state index contributed by atoms with van der Waals surface area (Å²) in [7, 11) is 0. The van der Waals surface area contributed by atoms with Crippen molar-refractivity contribution in [2.75, 3.05) is 0 Å². The number of hydrogen-bond donors (Lipinski definition) is 1. The summed E-state index contributed by atoms with van der Waals surface area (Å²) in [5.41, 5.74) is 19.4. The van der Waals surface area contributed by atoms with Crippen molar-refractivity contribution in [2.24, 2.45) is 5.41 Å². The average molecular weight is 870 g/mol. The molecule has 0 aliphatic rings. The van der Waals surface area contributed by atoms with Crippen LogP contribution in [0.3, 0.4) is 0 Å². The molecule has 0 fully saturated rings. The molecule has 328 valence electrons. The van der Waals surface area contributed by atoms with Crippen LogP contribution in [0.1, 0.15) is 51.3 Å². The second kappa shape index (κ2) is 17.2. The molecule has 4 nitrogen and oxygen atoms in total. The van der Waals surface area contributed by atoms with E-state index < -0.39 is 0 Å². The zero-order chi connectivity index (χ0) is 46.5. The molecule has 0 radical (unpaired) electrons. The van der Waals surface area contributed by atoms with Gasteiger partial charge in [-0.05, 0) is 140 Å². The number of benzene rings is 8. The predicted molar refractivity (Wildman–Crippen MR) is 281 cm³/mol. The maximum absolute atomic E-state index is 11.9. The van der Waals surface area contributed by atoms with Crippen LogP contribution in [-0.2, 0) is 5.41 Å². The van der Waals surface area contributed by atoms with Crippen molar-refractivity contribution in [3.05, 3.63) is 217 Å². The van der Waals surface area contributed by atoms with Gasteiger partial charge in [-0.1, -0.05) is 174 Å². The third-order valence-electron chi connectivity index (χ3n) is 14.0. The number of aromatic hydroxyl groups is 1. The molecule has 10 rings (SSSR count). The molecule has 0 aliphatic carbocycles. The minimum atomic E-state index is -0.128. The van der Waals surface area contributed by atoms with Gasteiger partial charge >= 0.3 is 0 Å². The summed E-state index contributed by atoms with van der Waals surface area (Å²) in [6, 6.07) is 68.9. The van der Waals surface area contributed by atoms with Crippen molar-refractivity contribution in [1.82, 2.24) is 14.5 Å². The van der Waals surface area contributed by atoms with Crippen molar-refractivity contribution in [3.63, 3.8) is 0 Å². The Morgan fingerprint density at radius 3 is 1.69 bits per heavy atom. The monoisotopic (exact) mass is 869 g/mol. The third kappa shape index (κ3) is 8.14. The Kier molecular flexibility index (Phi) is 11.1. The highest BCUT2D eigenvalue weighted by Gasteiger charge is 2.35. The van der Waals surface area contributed by atoms with Gasteiger partial charge in [0.1, 0.15) is 11.6 Å². The summed E-state index contributed by atoms with van der Waals surface area (Å²) < 4.78 is 2.26. The Hall–Kier alpha value is -7.82. The van der Waals surface area contributed by atoms with Crippen molar-refractivity contribution in [2.45, 2.75) is 53.9 Å². The number of aryl methyl sites for hydroxylation is 2. The maximum atomic E-state index is 11.9. The minimum absolute atomic E-state index is 0.00718. The van der Waals surface area contributed by atoms with Crippen LogP contribution >= 0.6 is 0 Å². The van der Waals surface area contributed by atoms with E-state index in [9.17, 15) is 5.11 Å². The van der Waals surface area contributed by atoms with Crippen LogP contribution in [0.2, 0.25) is 0 Å². The Bertz CT molecular complexity index is 3410. The van der Waals surface area contributed by atoms with Gasteiger partial charge in [0, 0.05) is 22.9 Å². The molecule has 0 amide bonds. The van der Waals surface area contributed by atoms with Gasteiger partial charge in [0.05, 0.1) is 28.0 Å². The lowest BCUT2D eigenvalue weighted by Gasteiger charge is -2.40. The van der Waals surface area contributed by atoms with Crippen LogP contribution in [-0.4, -0.2) is 19.6 Å². The van der Waals surface area contributed by atoms with Crippen LogP contribution in [0.5, 0.6) is 5.75 Å². The molecular formula is C63H55N3O. The Labute approximate surface area is 395 Å². The van der Waals surface area contributed by atoms with Gasteiger partial charge in [-0.15, -0.1) is 0 Å². The van der Waals surface area contributed by atoms with Crippen LogP contribution in [0.25, 0.3) is 95.0 Å². The molecule has 0 saturated carbocycles. The fourth-order valence-corrected chi connectivity index (χ4v) is 9.27. The number of fused-ring (bicyclic) bond motifs is 1. The number of imidazole rings is 1. The first-order valence-corrected chi connectivity index (χ1v) is 23.2. The molecule has 2 heterocycles. The standard InChI is InChI=1S/C63H55N3O/c1-41-34-42(2)60(67)55(35-41)61-65-59-53(24-17-25-58(59)66(61)57-31-30-52(63(6,7)62(3,4)5)40-54(57)47-22-15-10-16-23-47)50-36-49(44-20-13-9-14-21-44)37-51(38-50)56-39-48(32-33-64-56)46-28-26-45(27-29-46)43-18-11-8-12-19-43/h8-40,67H,1-7H3. The van der Waals surface area contributed by atoms with Crippen LogP contribution < -0.4 is 0 Å². The first kappa shape index (κ1) is 43.1. The fourth-order valence-electron chi connectivity index (χ4n) is 9.27. The second-order valence-corrected chi connectivity index (χ2v) is 19.4. The van der Waals surface area contributed by atoms with Gasteiger partial charge in [-0.3, -0.25) is 9.55 Å². The molecule has 0 unspecified atom stereocenters. The van der Waals surface area contributed by atoms with Gasteiger partial charge in [0.25, 0.3) is 0 Å². The summed E-state index contributed by atoms with van der Waals surface area (Å²) in [6.07, 6.45) is 1.91. The van der Waals surface area contributed by atoms with E-state index in [2.05, 4.69) is 228 Å². The number of para-hydroxylation sites is 1. The van der Waals surface area contributed by atoms with Gasteiger partial charge in [0.15, 0.2) is 0 Å². The molecule has 4 heteroatoms. The lowest BCUT2D eigenvalue weighted by molar-refractivity contribution is 0.225. The summed E-state index contributed by atoms with van der Waals surface area (Å²) >= 11 is 0. The van der Waals surface area contributed by atoms with Gasteiger partial charge in [-0.25, -0.2) is 4.98 Å². The number of aromatic nitrogens is 3. The molecule has 2 aromatic heterocycles. The number of phenolic OH excluding ortho intramolecular Hbond substituents is 1. The fraction of sp³-hybridized carbons (Fsp3) is 0.143. The highest BCUT2D eigenvalue weighted by atomic mass is 16.3. The molecule has 0 atom stereocenters. The molecule has 1 N–H and O–H groups in total. The highest BCUT2D eigenvalue weighted by Crippen LogP contribution is 2.46. The average Bonchev–Trinajstić information content (AvgIpc) is 3.75. The van der Waals surface area contributed by atoms with Crippen molar-refractivity contribution < 1.29 is 5.11 Å². The van der Waals surface area contributed by atoms with E-state index in [-0.39, 0.29) is 16.6 Å². The van der Waals surface area contributed by atoms with E-state index in [1.54, 1.807) is 0 Å². The molecule has 0 bridgehead atoms. The molecular weight excluding hydrogens is 815 g/mol. The Morgan fingerprint density at radius 1 is 0.448 bits per heavy atom. The van der Waals surface area contributed by atoms with Crippen LogP contribution in [0.4, 0.5) is 0 Å². The van der Waals surface area contributed by atoms with E-state index in [0.717, 1.165) is 83.6 Å². The van der Waals surface area contributed by atoms with E-state index in [1.165, 1.54) is 16.7 Å². The minimum Gasteiger partial charge on any atom is -0.507 e. The van der Waals surface area contributed by atoms with Gasteiger partial charge in [0.2, 0.25) is 0 Å². The maximum Gasteiger partial charge on any atom is 0.149 e. The summed E-state index contributed by atoms with van der Waals surface area (Å²) in [4.78, 5) is 10.6. The molecule has 0 saturated heterocycles. The molecule has 8 aromatic carbocycles. The number of phenols is 1. The summed E-state index contributed by atoms with van der Waals surface area (Å²) in [5.74, 6) is 0.906. The third-order valence-corrected chi connectivity index (χ3v) is 14.0. The van der Waals surface area contributed by atoms with E-state index in [0.29, 0.717) is 11.4 Å². The van der Waals surface area contributed by atoms with Crippen molar-refractivity contribution in [1.29, 1.82) is 0 Å². The van der Waals surface area contributed by atoms with E-state index in [1.807, 2.05) is 25.3 Å². The number of nitrogens with zero attached hydrogens (tertiary/aromatic N) is 3. The van der Waals surface area contributed by atoms with Crippen molar-refractivity contribution in [3.8, 4) is 89.7 Å². The second-order valence-electron chi connectivity index (χ2n) is 19.4. The van der Waals surface area contributed by atoms with Crippen LogP contribution in [0, 0.1) is 19.3 Å². The first-order valence-electron chi connectivity index (χ1n) is 23.2. The molecule has 0 aliphatic heterocycles. The smallest absolute Gasteiger partial charge is 0.149 e. The topological polar surface area (TPSA) is 50.9 Å². The largest absolute Gasteiger partial charge is 0.507 e. The number of rotatable bonds is 9. The number of pyridine rings is 1. The Balaban J connectivity index is 1.19. The lowest BCUT2D eigenvalue weighted by atomic mass is 9.65. The zero-order valence-corrected chi connectivity index (χ0v) is 39.3. The molecule has 10 aromatic rings. The molecule has 0 spiro atoms. The predicted octanol–water partition coefficient (Wildman–Crippen LogP) is 16.7. The normalized spacial score (nSPS) is 11.9. The number of hydrogen-bond acceptors (Lipinski definition) is 3. The SMILES string of the molecule is Cc1cc(C)c(O)c(-c2nc3c(-c4cc(-c5ccccc5)cc(-c5cc(-c6ccc(-c7ccccc7)cc6)ccn5)c4)cccc3n2-c2ccc(C(C)(C)C(C)(C)C)cc2-c2ccccc2)c1. The highest BCUT2D eigenvalue weighted by molar-refractivity contribution is 5.98. The van der Waals surface area contributed by atoms with Crippen molar-refractivity contribution >= 4 is 11.0 Å². The van der Waals surface area contributed by atoms with Gasteiger partial charge in [-0.2, -0.15) is 0 Å². The summed E-state index contributed by atoms with van der Waals surface area (Å²) in [6.45, 7) is 15.6. The van der Waals surface area contributed by atoms with E-state index >= 15 is 0 Å². The van der Waals surface area contributed by atoms with E-state index in [4.69, 9.17) is 9.97 Å². The van der Waals surface area contributed by atoms with Gasteiger partial charge < -0.3 is 5.11 Å². The zero-order valence-electron chi connectivity index (χ0n) is 39.3. The molecule has 67 heavy (non-hydrogen) atoms. The quantitative estimate of drug-likeness (QED) is 0.157. The van der Waals surface area contributed by atoms with Crippen LogP contribution in [0.15, 0.2) is 200 Å². The lowest BCUT2D eigenvalue weighted by Crippen LogP contribution is -2.34.